The van der Waals surface area contributed by atoms with Gasteiger partial charge in [-0.25, -0.2) is 4.39 Å². The summed E-state index contributed by atoms with van der Waals surface area (Å²) < 4.78 is 51.7. The van der Waals surface area contributed by atoms with Gasteiger partial charge in [-0.05, 0) is 35.9 Å². The highest BCUT2D eigenvalue weighted by atomic mass is 19.4. The summed E-state index contributed by atoms with van der Waals surface area (Å²) in [5, 5.41) is 0. The van der Waals surface area contributed by atoms with Crippen LogP contribution in [0.3, 0.4) is 0 Å². The van der Waals surface area contributed by atoms with E-state index in [4.69, 9.17) is 0 Å². The van der Waals surface area contributed by atoms with E-state index in [0.717, 1.165) is 24.7 Å². The van der Waals surface area contributed by atoms with Crippen LogP contribution >= 0.6 is 0 Å². The first-order chi connectivity index (χ1) is 11.4. The summed E-state index contributed by atoms with van der Waals surface area (Å²) in [5.74, 6) is -0.255. The fourth-order valence-electron chi connectivity index (χ4n) is 2.94. The van der Waals surface area contributed by atoms with Crippen LogP contribution in [0.1, 0.15) is 11.1 Å². The normalized spacial score (nSPS) is 16.4. The van der Waals surface area contributed by atoms with Crippen LogP contribution in [0.2, 0.25) is 0 Å². The van der Waals surface area contributed by atoms with Gasteiger partial charge in [0.25, 0.3) is 0 Å². The molecule has 2 aromatic rings. The molecule has 0 bridgehead atoms. The third kappa shape index (κ3) is 4.06. The zero-order chi connectivity index (χ0) is 17.2. The summed E-state index contributed by atoms with van der Waals surface area (Å²) in [6.45, 7) is 3.40. The molecule has 0 atom stereocenters. The molecule has 0 amide bonds. The topological polar surface area (TPSA) is 6.48 Å². The van der Waals surface area contributed by atoms with E-state index in [2.05, 4.69) is 4.90 Å². The van der Waals surface area contributed by atoms with E-state index >= 15 is 0 Å². The Balaban J connectivity index is 1.61. The Morgan fingerprint density at radius 2 is 1.58 bits per heavy atom. The minimum Gasteiger partial charge on any atom is -0.369 e. The van der Waals surface area contributed by atoms with Crippen LogP contribution in [-0.2, 0) is 12.7 Å². The molecular weight excluding hydrogens is 320 g/mol. The average Bonchev–Trinajstić information content (AvgIpc) is 2.55. The van der Waals surface area contributed by atoms with Gasteiger partial charge in [-0.15, -0.1) is 0 Å². The number of nitrogens with zero attached hydrogens (tertiary/aromatic N) is 2. The molecule has 1 saturated heterocycles. The summed E-state index contributed by atoms with van der Waals surface area (Å²) in [4.78, 5) is 4.14. The van der Waals surface area contributed by atoms with Crippen LogP contribution in [0.5, 0.6) is 0 Å². The lowest BCUT2D eigenvalue weighted by atomic mass is 10.1. The molecular formula is C18H18F4N2. The van der Waals surface area contributed by atoms with E-state index in [0.29, 0.717) is 25.3 Å². The van der Waals surface area contributed by atoms with E-state index in [1.54, 1.807) is 12.1 Å². The molecule has 0 aromatic heterocycles. The quantitative estimate of drug-likeness (QED) is 0.775. The lowest BCUT2D eigenvalue weighted by molar-refractivity contribution is -0.137. The molecule has 1 aliphatic heterocycles. The lowest BCUT2D eigenvalue weighted by Gasteiger charge is -2.36. The summed E-state index contributed by atoms with van der Waals surface area (Å²) in [6.07, 6.45) is -4.32. The first-order valence-electron chi connectivity index (χ1n) is 7.81. The van der Waals surface area contributed by atoms with Gasteiger partial charge in [0.2, 0.25) is 0 Å². The van der Waals surface area contributed by atoms with Crippen molar-refractivity contribution in [2.75, 3.05) is 31.1 Å². The first-order valence-corrected chi connectivity index (χ1v) is 7.81. The predicted octanol–water partition coefficient (Wildman–Crippen LogP) is 4.17. The van der Waals surface area contributed by atoms with E-state index in [-0.39, 0.29) is 5.82 Å². The second kappa shape index (κ2) is 6.81. The Morgan fingerprint density at radius 1 is 0.875 bits per heavy atom. The number of alkyl halides is 3. The summed E-state index contributed by atoms with van der Waals surface area (Å²) >= 11 is 0. The number of hydrogen-bond donors (Lipinski definition) is 0. The summed E-state index contributed by atoms with van der Waals surface area (Å²) in [6, 6.07) is 11.9. The van der Waals surface area contributed by atoms with Crippen molar-refractivity contribution < 1.29 is 17.6 Å². The molecule has 3 rings (SSSR count). The molecule has 24 heavy (non-hydrogen) atoms. The SMILES string of the molecule is Fc1cccc(CN2CCN(c3cccc(C(F)(F)F)c3)CC2)c1. The standard InChI is InChI=1S/C18H18F4N2/c19-16-5-1-3-14(11-16)13-23-7-9-24(10-8-23)17-6-2-4-15(12-17)18(20,21)22/h1-6,11-12H,7-10,13H2. The number of benzene rings is 2. The zero-order valence-corrected chi connectivity index (χ0v) is 13.1. The average molecular weight is 338 g/mol. The third-order valence-corrected chi connectivity index (χ3v) is 4.21. The van der Waals surface area contributed by atoms with E-state index in [9.17, 15) is 17.6 Å². The molecule has 1 aliphatic rings. The van der Waals surface area contributed by atoms with Crippen LogP contribution in [0.25, 0.3) is 0 Å². The van der Waals surface area contributed by atoms with E-state index in [1.165, 1.54) is 24.3 Å². The molecule has 0 spiro atoms. The maximum absolute atomic E-state index is 13.2. The van der Waals surface area contributed by atoms with Gasteiger partial charge in [0.1, 0.15) is 5.82 Å². The number of rotatable bonds is 3. The minimum atomic E-state index is -4.32. The molecule has 0 aliphatic carbocycles. The molecule has 1 fully saturated rings. The number of hydrogen-bond acceptors (Lipinski definition) is 2. The molecule has 1 heterocycles. The van der Waals surface area contributed by atoms with Crippen molar-refractivity contribution in [3.63, 3.8) is 0 Å². The highest BCUT2D eigenvalue weighted by molar-refractivity contribution is 5.49. The van der Waals surface area contributed by atoms with Crippen LogP contribution in [-0.4, -0.2) is 31.1 Å². The van der Waals surface area contributed by atoms with Crippen LogP contribution < -0.4 is 4.90 Å². The Kier molecular flexibility index (Phi) is 4.76. The molecule has 0 radical (unpaired) electrons. The van der Waals surface area contributed by atoms with Gasteiger partial charge in [0.05, 0.1) is 5.56 Å². The summed E-state index contributed by atoms with van der Waals surface area (Å²) in [7, 11) is 0. The fraction of sp³-hybridized carbons (Fsp3) is 0.333. The second-order valence-electron chi connectivity index (χ2n) is 5.94. The molecule has 6 heteroatoms. The maximum atomic E-state index is 13.2. The zero-order valence-electron chi connectivity index (χ0n) is 13.1. The summed E-state index contributed by atoms with van der Waals surface area (Å²) in [5.41, 5.74) is 0.875. The minimum absolute atomic E-state index is 0.255. The third-order valence-electron chi connectivity index (χ3n) is 4.21. The highest BCUT2D eigenvalue weighted by Crippen LogP contribution is 2.31. The van der Waals surface area contributed by atoms with Crippen molar-refractivity contribution in [3.8, 4) is 0 Å². The van der Waals surface area contributed by atoms with Crippen molar-refractivity contribution >= 4 is 5.69 Å². The van der Waals surface area contributed by atoms with E-state index in [1.807, 2.05) is 11.0 Å². The first kappa shape index (κ1) is 16.8. The molecule has 0 saturated carbocycles. The van der Waals surface area contributed by atoms with Gasteiger partial charge in [-0.3, -0.25) is 4.90 Å². The maximum Gasteiger partial charge on any atom is 0.416 e. The molecule has 0 unspecified atom stereocenters. The van der Waals surface area contributed by atoms with Gasteiger partial charge >= 0.3 is 6.18 Å². The van der Waals surface area contributed by atoms with Gasteiger partial charge < -0.3 is 4.90 Å². The van der Waals surface area contributed by atoms with Crippen molar-refractivity contribution in [3.05, 3.63) is 65.5 Å². The lowest BCUT2D eigenvalue weighted by Crippen LogP contribution is -2.46. The van der Waals surface area contributed by atoms with Crippen LogP contribution in [0.4, 0.5) is 23.2 Å². The number of piperazine rings is 1. The highest BCUT2D eigenvalue weighted by Gasteiger charge is 2.31. The Labute approximate surface area is 138 Å². The smallest absolute Gasteiger partial charge is 0.369 e. The number of anilines is 1. The molecule has 2 aromatic carbocycles. The van der Waals surface area contributed by atoms with Crippen molar-refractivity contribution in [2.24, 2.45) is 0 Å². The monoisotopic (exact) mass is 338 g/mol. The number of halogens is 4. The Morgan fingerprint density at radius 3 is 2.25 bits per heavy atom. The fourth-order valence-corrected chi connectivity index (χ4v) is 2.94. The van der Waals surface area contributed by atoms with Gasteiger partial charge in [-0.1, -0.05) is 18.2 Å². The van der Waals surface area contributed by atoms with Crippen molar-refractivity contribution in [1.82, 2.24) is 4.90 Å². The van der Waals surface area contributed by atoms with Gasteiger partial charge in [0.15, 0.2) is 0 Å². The van der Waals surface area contributed by atoms with Gasteiger partial charge in [0, 0.05) is 38.4 Å². The van der Waals surface area contributed by atoms with E-state index < -0.39 is 11.7 Å². The van der Waals surface area contributed by atoms with Crippen LogP contribution in [0, 0.1) is 5.82 Å². The largest absolute Gasteiger partial charge is 0.416 e. The molecule has 2 nitrogen and oxygen atoms in total. The predicted molar refractivity (Wildman–Crippen MR) is 85.3 cm³/mol. The Hall–Kier alpha value is -2.08. The Bertz CT molecular complexity index is 691. The molecule has 128 valence electrons. The second-order valence-corrected chi connectivity index (χ2v) is 5.94. The van der Waals surface area contributed by atoms with Crippen molar-refractivity contribution in [2.45, 2.75) is 12.7 Å². The van der Waals surface area contributed by atoms with Crippen LogP contribution in [0.15, 0.2) is 48.5 Å². The van der Waals surface area contributed by atoms with Crippen molar-refractivity contribution in [1.29, 1.82) is 0 Å². The molecule has 0 N–H and O–H groups in total. The van der Waals surface area contributed by atoms with Gasteiger partial charge in [-0.2, -0.15) is 13.2 Å².